The van der Waals surface area contributed by atoms with Gasteiger partial charge >= 0.3 is 6.36 Å². The molecule has 0 bridgehead atoms. The van der Waals surface area contributed by atoms with Crippen LogP contribution in [0.25, 0.3) is 11.3 Å². The highest BCUT2D eigenvalue weighted by Crippen LogP contribution is 2.30. The van der Waals surface area contributed by atoms with E-state index in [1.165, 1.54) is 18.2 Å². The van der Waals surface area contributed by atoms with Gasteiger partial charge in [0.1, 0.15) is 17.3 Å². The molecule has 0 spiro atoms. The number of aryl methyl sites for hydroxylation is 1. The molecule has 0 saturated carbocycles. The van der Waals surface area contributed by atoms with Crippen LogP contribution in [-0.2, 0) is 6.54 Å². The van der Waals surface area contributed by atoms with Gasteiger partial charge in [0, 0.05) is 12.1 Å². The zero-order valence-electron chi connectivity index (χ0n) is 11.5. The second-order valence-corrected chi connectivity index (χ2v) is 4.60. The molecule has 0 aliphatic rings. The van der Waals surface area contributed by atoms with Crippen LogP contribution in [0, 0.1) is 0 Å². The SMILES string of the molecule is CCCCn1cnc(-c2cccc(OC(F)(F)F)c2)c1N. The highest BCUT2D eigenvalue weighted by Gasteiger charge is 2.31. The van der Waals surface area contributed by atoms with E-state index < -0.39 is 6.36 Å². The number of nitrogen functional groups attached to an aromatic ring is 1. The number of hydrogen-bond acceptors (Lipinski definition) is 3. The first-order valence-corrected chi connectivity index (χ1v) is 6.57. The molecule has 1 aromatic heterocycles. The molecule has 2 rings (SSSR count). The maximum absolute atomic E-state index is 12.2. The van der Waals surface area contributed by atoms with Gasteiger partial charge < -0.3 is 15.0 Å². The summed E-state index contributed by atoms with van der Waals surface area (Å²) in [5, 5.41) is 0. The number of ether oxygens (including phenoxy) is 1. The Kier molecular flexibility index (Phi) is 4.40. The highest BCUT2D eigenvalue weighted by atomic mass is 19.4. The fraction of sp³-hybridized carbons (Fsp3) is 0.357. The van der Waals surface area contributed by atoms with Crippen LogP contribution in [0.15, 0.2) is 30.6 Å². The number of benzene rings is 1. The third-order valence-corrected chi connectivity index (χ3v) is 2.97. The summed E-state index contributed by atoms with van der Waals surface area (Å²) in [6.07, 6.45) is -1.15. The van der Waals surface area contributed by atoms with Gasteiger partial charge in [0.2, 0.25) is 0 Å². The van der Waals surface area contributed by atoms with Crippen LogP contribution in [0.4, 0.5) is 19.0 Å². The minimum atomic E-state index is -4.72. The molecule has 0 fully saturated rings. The predicted molar refractivity (Wildman–Crippen MR) is 73.7 cm³/mol. The standard InChI is InChI=1S/C14H16F3N3O/c1-2-3-7-20-9-19-12(13(20)18)10-5-4-6-11(8-10)21-14(15,16)17/h4-6,8-9H,2-3,7,18H2,1H3. The number of rotatable bonds is 5. The average Bonchev–Trinajstić information content (AvgIpc) is 2.76. The molecule has 21 heavy (non-hydrogen) atoms. The maximum Gasteiger partial charge on any atom is 0.573 e. The highest BCUT2D eigenvalue weighted by molar-refractivity contribution is 5.71. The summed E-state index contributed by atoms with van der Waals surface area (Å²) in [7, 11) is 0. The van der Waals surface area contributed by atoms with Crippen molar-refractivity contribution in [1.82, 2.24) is 9.55 Å². The first-order chi connectivity index (χ1) is 9.90. The molecule has 2 aromatic rings. The molecule has 0 aliphatic heterocycles. The van der Waals surface area contributed by atoms with Crippen LogP contribution in [0.1, 0.15) is 19.8 Å². The summed E-state index contributed by atoms with van der Waals surface area (Å²) in [6, 6.07) is 5.63. The molecule has 0 amide bonds. The Morgan fingerprint density at radius 1 is 1.33 bits per heavy atom. The van der Waals surface area contributed by atoms with Gasteiger partial charge in [-0.1, -0.05) is 25.5 Å². The van der Waals surface area contributed by atoms with E-state index >= 15 is 0 Å². The quantitative estimate of drug-likeness (QED) is 0.913. The number of anilines is 1. The molecule has 1 aromatic carbocycles. The summed E-state index contributed by atoms with van der Waals surface area (Å²) in [6.45, 7) is 2.79. The number of alkyl halides is 3. The Labute approximate surface area is 120 Å². The summed E-state index contributed by atoms with van der Waals surface area (Å²) >= 11 is 0. The summed E-state index contributed by atoms with van der Waals surface area (Å²) in [4.78, 5) is 4.18. The first-order valence-electron chi connectivity index (χ1n) is 6.57. The van der Waals surface area contributed by atoms with Gasteiger partial charge in [-0.15, -0.1) is 13.2 Å². The van der Waals surface area contributed by atoms with Gasteiger partial charge in [0.25, 0.3) is 0 Å². The molecule has 4 nitrogen and oxygen atoms in total. The van der Waals surface area contributed by atoms with E-state index in [0.717, 1.165) is 19.4 Å². The molecular weight excluding hydrogens is 283 g/mol. The summed E-state index contributed by atoms with van der Waals surface area (Å²) < 4.78 is 42.4. The molecule has 0 radical (unpaired) electrons. The van der Waals surface area contributed by atoms with Crippen molar-refractivity contribution in [2.75, 3.05) is 5.73 Å². The monoisotopic (exact) mass is 299 g/mol. The number of aromatic nitrogens is 2. The van der Waals surface area contributed by atoms with Crippen molar-refractivity contribution in [3.63, 3.8) is 0 Å². The molecule has 7 heteroatoms. The van der Waals surface area contributed by atoms with E-state index in [0.29, 0.717) is 17.1 Å². The minimum Gasteiger partial charge on any atom is -0.406 e. The molecular formula is C14H16F3N3O. The van der Waals surface area contributed by atoms with E-state index in [2.05, 4.69) is 16.6 Å². The van der Waals surface area contributed by atoms with E-state index in [1.54, 1.807) is 17.0 Å². The third kappa shape index (κ3) is 3.90. The zero-order chi connectivity index (χ0) is 15.5. The molecule has 0 aliphatic carbocycles. The Morgan fingerprint density at radius 2 is 2.10 bits per heavy atom. The van der Waals surface area contributed by atoms with Gasteiger partial charge in [-0.3, -0.25) is 0 Å². The maximum atomic E-state index is 12.2. The number of hydrogen-bond donors (Lipinski definition) is 1. The van der Waals surface area contributed by atoms with Crippen molar-refractivity contribution in [1.29, 1.82) is 0 Å². The lowest BCUT2D eigenvalue weighted by Gasteiger charge is -2.10. The van der Waals surface area contributed by atoms with Gasteiger partial charge in [0.05, 0.1) is 6.33 Å². The lowest BCUT2D eigenvalue weighted by Crippen LogP contribution is -2.17. The van der Waals surface area contributed by atoms with E-state index in [9.17, 15) is 13.2 Å². The Morgan fingerprint density at radius 3 is 2.76 bits per heavy atom. The van der Waals surface area contributed by atoms with Crippen LogP contribution < -0.4 is 10.5 Å². The van der Waals surface area contributed by atoms with Gasteiger partial charge in [0.15, 0.2) is 0 Å². The molecule has 0 saturated heterocycles. The fourth-order valence-electron chi connectivity index (χ4n) is 1.96. The van der Waals surface area contributed by atoms with Crippen molar-refractivity contribution >= 4 is 5.82 Å². The van der Waals surface area contributed by atoms with Crippen molar-refractivity contribution in [2.45, 2.75) is 32.7 Å². The second-order valence-electron chi connectivity index (χ2n) is 4.60. The summed E-state index contributed by atoms with van der Waals surface area (Å²) in [5.41, 5.74) is 6.94. The minimum absolute atomic E-state index is 0.289. The van der Waals surface area contributed by atoms with E-state index in [1.807, 2.05) is 0 Å². The average molecular weight is 299 g/mol. The van der Waals surface area contributed by atoms with Crippen LogP contribution in [0.3, 0.4) is 0 Å². The van der Waals surface area contributed by atoms with E-state index in [4.69, 9.17) is 5.73 Å². The van der Waals surface area contributed by atoms with Crippen molar-refractivity contribution < 1.29 is 17.9 Å². The lowest BCUT2D eigenvalue weighted by atomic mass is 10.1. The third-order valence-electron chi connectivity index (χ3n) is 2.97. The number of nitrogens with zero attached hydrogens (tertiary/aromatic N) is 2. The predicted octanol–water partition coefficient (Wildman–Crippen LogP) is 3.83. The second kappa shape index (κ2) is 6.07. The molecule has 1 heterocycles. The van der Waals surface area contributed by atoms with Crippen LogP contribution in [0.5, 0.6) is 5.75 Å². The number of nitrogens with two attached hydrogens (primary N) is 1. The lowest BCUT2D eigenvalue weighted by molar-refractivity contribution is -0.274. The molecule has 0 atom stereocenters. The first kappa shape index (κ1) is 15.2. The Balaban J connectivity index is 2.26. The van der Waals surface area contributed by atoms with Gasteiger partial charge in [-0.05, 0) is 18.6 Å². The largest absolute Gasteiger partial charge is 0.573 e. The fourth-order valence-corrected chi connectivity index (χ4v) is 1.96. The normalized spacial score (nSPS) is 11.6. The topological polar surface area (TPSA) is 53.1 Å². The number of halogens is 3. The van der Waals surface area contributed by atoms with Crippen molar-refractivity contribution in [2.24, 2.45) is 0 Å². The Bertz CT molecular complexity index is 608. The molecule has 114 valence electrons. The van der Waals surface area contributed by atoms with Crippen molar-refractivity contribution in [3.8, 4) is 17.0 Å². The smallest absolute Gasteiger partial charge is 0.406 e. The van der Waals surface area contributed by atoms with Gasteiger partial charge in [-0.2, -0.15) is 0 Å². The van der Waals surface area contributed by atoms with Crippen LogP contribution in [-0.4, -0.2) is 15.9 Å². The number of unbranched alkanes of at least 4 members (excludes halogenated alkanes) is 1. The zero-order valence-corrected chi connectivity index (χ0v) is 11.5. The van der Waals surface area contributed by atoms with Gasteiger partial charge in [-0.25, -0.2) is 4.98 Å². The van der Waals surface area contributed by atoms with Crippen LogP contribution >= 0.6 is 0 Å². The van der Waals surface area contributed by atoms with Crippen LogP contribution in [0.2, 0.25) is 0 Å². The van der Waals surface area contributed by atoms with E-state index in [-0.39, 0.29) is 5.75 Å². The Hall–Kier alpha value is -2.18. The number of imidazole rings is 1. The summed E-state index contributed by atoms with van der Waals surface area (Å²) in [5.74, 6) is 0.148. The molecule has 0 unspecified atom stereocenters. The van der Waals surface area contributed by atoms with Crippen molar-refractivity contribution in [3.05, 3.63) is 30.6 Å². The molecule has 2 N–H and O–H groups in total.